The molecule has 0 radical (unpaired) electrons. The number of likely N-dealkylation sites (tertiary alicyclic amines) is 1. The molecule has 1 N–H and O–H groups in total. The van der Waals surface area contributed by atoms with Crippen LogP contribution in [0.1, 0.15) is 42.2 Å². The van der Waals surface area contributed by atoms with Crippen LogP contribution in [0.2, 0.25) is 10.0 Å². The van der Waals surface area contributed by atoms with E-state index in [1.807, 2.05) is 0 Å². The monoisotopic (exact) mass is 660 g/mol. The third-order valence-electron chi connectivity index (χ3n) is 8.31. The molecule has 2 fully saturated rings. The van der Waals surface area contributed by atoms with Gasteiger partial charge in [-0.3, -0.25) is 19.0 Å². The Labute approximate surface area is 265 Å². The summed E-state index contributed by atoms with van der Waals surface area (Å²) in [6.45, 7) is 2.31. The van der Waals surface area contributed by atoms with Crippen LogP contribution < -0.4 is 15.0 Å². The van der Waals surface area contributed by atoms with Gasteiger partial charge in [-0.05, 0) is 62.1 Å². The molecule has 1 saturated heterocycles. The Hall–Kier alpha value is -4.28. The van der Waals surface area contributed by atoms with Crippen LogP contribution in [0.3, 0.4) is 0 Å². The first kappa shape index (κ1) is 30.7. The van der Waals surface area contributed by atoms with Crippen molar-refractivity contribution in [3.05, 3.63) is 70.0 Å². The maximum absolute atomic E-state index is 14.2. The second-order valence-electron chi connectivity index (χ2n) is 11.6. The van der Waals surface area contributed by atoms with E-state index >= 15 is 0 Å². The van der Waals surface area contributed by atoms with E-state index in [9.17, 15) is 32.8 Å². The molecule has 1 saturated carbocycles. The minimum Gasteiger partial charge on any atom is -0.406 e. The van der Waals surface area contributed by atoms with Crippen molar-refractivity contribution < 1.29 is 32.3 Å². The fraction of sp³-hybridized carbons (Fsp3) is 0.367. The van der Waals surface area contributed by atoms with E-state index < -0.39 is 35.0 Å². The van der Waals surface area contributed by atoms with Gasteiger partial charge in [-0.1, -0.05) is 35.3 Å². The standard InChI is InChI=1S/C30H25Cl2F3N6O4/c1-28(13-17-2-4-22(5-3-17)45-30(33,34)35)25(43)40(21-11-19(31)10-20(32)12-21)27-37-15-23(41(27)28)24(42)38-29(7-8-29)26(44)39-9-6-18(14-36)16-39/h2-5,10-12,15,18H,6-9,13,16H2,1H3,(H,38,42)/t18-,28-/m1/s1. The summed E-state index contributed by atoms with van der Waals surface area (Å²) in [5.74, 6) is -1.97. The van der Waals surface area contributed by atoms with Gasteiger partial charge in [-0.25, -0.2) is 9.88 Å². The van der Waals surface area contributed by atoms with Gasteiger partial charge in [-0.2, -0.15) is 5.26 Å². The van der Waals surface area contributed by atoms with Gasteiger partial charge in [0.25, 0.3) is 11.8 Å². The fourth-order valence-corrected chi connectivity index (χ4v) is 6.50. The minimum absolute atomic E-state index is 0.00361. The number of aromatic nitrogens is 2. The summed E-state index contributed by atoms with van der Waals surface area (Å²) in [5, 5.41) is 12.6. The van der Waals surface area contributed by atoms with Crippen molar-refractivity contribution >= 4 is 52.6 Å². The molecule has 3 amide bonds. The second kappa shape index (κ2) is 11.0. The number of rotatable bonds is 7. The molecule has 1 aromatic heterocycles. The van der Waals surface area contributed by atoms with Crippen molar-refractivity contribution in [2.75, 3.05) is 18.0 Å². The average Bonchev–Trinajstić information content (AvgIpc) is 3.30. The number of halogens is 5. The van der Waals surface area contributed by atoms with Crippen LogP contribution in [-0.4, -0.2) is 57.2 Å². The largest absolute Gasteiger partial charge is 0.573 e. The molecule has 6 rings (SSSR count). The Balaban J connectivity index is 1.35. The number of nitrogens with one attached hydrogen (secondary N) is 1. The van der Waals surface area contributed by atoms with E-state index in [4.69, 9.17) is 23.2 Å². The normalized spacial score (nSPS) is 21.8. The Bertz CT molecular complexity index is 1730. The summed E-state index contributed by atoms with van der Waals surface area (Å²) in [7, 11) is 0. The summed E-state index contributed by atoms with van der Waals surface area (Å²) in [6, 6.07) is 11.8. The number of carbonyl (C=O) groups excluding carboxylic acids is 3. The highest BCUT2D eigenvalue weighted by molar-refractivity contribution is 6.35. The molecule has 0 bridgehead atoms. The maximum atomic E-state index is 14.2. The highest BCUT2D eigenvalue weighted by Crippen LogP contribution is 2.45. The zero-order valence-corrected chi connectivity index (χ0v) is 25.2. The number of nitriles is 1. The summed E-state index contributed by atoms with van der Waals surface area (Å²) in [5.41, 5.74) is -1.84. The Morgan fingerprint density at radius 1 is 1.16 bits per heavy atom. The number of hydrogen-bond donors (Lipinski definition) is 1. The number of alkyl halides is 3. The lowest BCUT2D eigenvalue weighted by molar-refractivity contribution is -0.274. The molecular formula is C30H25Cl2F3N6O4. The second-order valence-corrected chi connectivity index (χ2v) is 12.5. The van der Waals surface area contributed by atoms with E-state index in [1.165, 1.54) is 46.0 Å². The first-order chi connectivity index (χ1) is 21.2. The van der Waals surface area contributed by atoms with E-state index in [1.54, 1.807) is 11.8 Å². The van der Waals surface area contributed by atoms with Crippen molar-refractivity contribution in [2.45, 2.75) is 50.0 Å². The zero-order valence-electron chi connectivity index (χ0n) is 23.7. The number of hydrogen-bond acceptors (Lipinski definition) is 6. The number of benzene rings is 2. The summed E-state index contributed by atoms with van der Waals surface area (Å²) in [4.78, 5) is 48.7. The van der Waals surface area contributed by atoms with Crippen molar-refractivity contribution in [2.24, 2.45) is 5.92 Å². The van der Waals surface area contributed by atoms with Crippen molar-refractivity contribution in [3.8, 4) is 11.8 Å². The van der Waals surface area contributed by atoms with Gasteiger partial charge in [0.2, 0.25) is 11.9 Å². The highest BCUT2D eigenvalue weighted by atomic mass is 35.5. The molecule has 3 aliphatic rings. The van der Waals surface area contributed by atoms with Crippen LogP contribution in [0, 0.1) is 17.2 Å². The smallest absolute Gasteiger partial charge is 0.406 e. The molecular weight excluding hydrogens is 636 g/mol. The average molecular weight is 661 g/mol. The lowest BCUT2D eigenvalue weighted by Crippen LogP contribution is -2.51. The summed E-state index contributed by atoms with van der Waals surface area (Å²) < 4.78 is 43.6. The highest BCUT2D eigenvalue weighted by Gasteiger charge is 2.56. The predicted molar refractivity (Wildman–Crippen MR) is 156 cm³/mol. The SMILES string of the molecule is C[C@@]1(Cc2ccc(OC(F)(F)F)cc2)C(=O)N(c2cc(Cl)cc(Cl)c2)c2ncc(C(=O)NC3(C(=O)N4CC[C@H](C#N)C4)CC3)n21. The molecule has 0 spiro atoms. The first-order valence-electron chi connectivity index (χ1n) is 14.0. The molecule has 2 aliphatic heterocycles. The molecule has 0 unspecified atom stereocenters. The lowest BCUT2D eigenvalue weighted by atomic mass is 9.91. The number of ether oxygens (including phenoxy) is 1. The predicted octanol–water partition coefficient (Wildman–Crippen LogP) is 5.36. The third-order valence-corrected chi connectivity index (χ3v) is 8.75. The van der Waals surface area contributed by atoms with Crippen LogP contribution in [0.15, 0.2) is 48.7 Å². The minimum atomic E-state index is -4.87. The van der Waals surface area contributed by atoms with Crippen LogP contribution in [0.4, 0.5) is 24.8 Å². The van der Waals surface area contributed by atoms with Gasteiger partial charge in [0.1, 0.15) is 22.5 Å². The summed E-state index contributed by atoms with van der Waals surface area (Å²) in [6.07, 6.45) is -2.20. The Morgan fingerprint density at radius 3 is 2.40 bits per heavy atom. The molecule has 3 aromatic rings. The van der Waals surface area contributed by atoms with E-state index in [0.29, 0.717) is 43.6 Å². The molecule has 2 atom stereocenters. The molecule has 234 valence electrons. The van der Waals surface area contributed by atoms with Gasteiger partial charge in [-0.15, -0.1) is 13.2 Å². The summed E-state index contributed by atoms with van der Waals surface area (Å²) >= 11 is 12.5. The number of amides is 3. The lowest BCUT2D eigenvalue weighted by Gasteiger charge is -2.28. The number of fused-ring (bicyclic) bond motifs is 1. The first-order valence-corrected chi connectivity index (χ1v) is 14.7. The number of nitrogens with zero attached hydrogens (tertiary/aromatic N) is 5. The zero-order chi connectivity index (χ0) is 32.3. The third kappa shape index (κ3) is 5.68. The van der Waals surface area contributed by atoms with Gasteiger partial charge >= 0.3 is 6.36 Å². The number of carbonyl (C=O) groups is 3. The van der Waals surface area contributed by atoms with Crippen LogP contribution >= 0.6 is 23.2 Å². The van der Waals surface area contributed by atoms with E-state index in [0.717, 1.165) is 12.1 Å². The van der Waals surface area contributed by atoms with Gasteiger partial charge < -0.3 is 15.0 Å². The number of imidazole rings is 1. The van der Waals surface area contributed by atoms with Crippen molar-refractivity contribution in [1.82, 2.24) is 19.8 Å². The van der Waals surface area contributed by atoms with Crippen molar-refractivity contribution in [3.63, 3.8) is 0 Å². The van der Waals surface area contributed by atoms with Gasteiger partial charge in [0.05, 0.1) is 23.9 Å². The van der Waals surface area contributed by atoms with Crippen molar-refractivity contribution in [1.29, 1.82) is 5.26 Å². The van der Waals surface area contributed by atoms with Crippen LogP contribution in [-0.2, 0) is 21.5 Å². The Morgan fingerprint density at radius 2 is 1.82 bits per heavy atom. The Kier molecular flexibility index (Phi) is 7.48. The molecule has 10 nitrogen and oxygen atoms in total. The van der Waals surface area contributed by atoms with E-state index in [-0.39, 0.29) is 39.9 Å². The van der Waals surface area contributed by atoms with E-state index in [2.05, 4.69) is 21.1 Å². The molecule has 1 aliphatic carbocycles. The molecule has 3 heterocycles. The molecule has 15 heteroatoms. The van der Waals surface area contributed by atoms with Crippen LogP contribution in [0.5, 0.6) is 5.75 Å². The fourth-order valence-electron chi connectivity index (χ4n) is 5.99. The molecule has 45 heavy (non-hydrogen) atoms. The van der Waals surface area contributed by atoms with Crippen LogP contribution in [0.25, 0.3) is 0 Å². The van der Waals surface area contributed by atoms with Gasteiger partial charge in [0, 0.05) is 29.6 Å². The number of anilines is 2. The maximum Gasteiger partial charge on any atom is 0.573 e. The molecule has 2 aromatic carbocycles. The quantitative estimate of drug-likeness (QED) is 0.364. The topological polar surface area (TPSA) is 121 Å². The van der Waals surface area contributed by atoms with Gasteiger partial charge in [0.15, 0.2) is 0 Å².